The zero-order valence-electron chi connectivity index (χ0n) is 12.2. The van der Waals surface area contributed by atoms with Gasteiger partial charge in [-0.15, -0.1) is 0 Å². The number of hydrogen-bond acceptors (Lipinski definition) is 3. The first-order chi connectivity index (χ1) is 8.41. The van der Waals surface area contributed by atoms with Crippen molar-refractivity contribution < 1.29 is 9.53 Å². The quantitative estimate of drug-likeness (QED) is 0.733. The van der Waals surface area contributed by atoms with Gasteiger partial charge in [0, 0.05) is 25.1 Å². The zero-order chi connectivity index (χ0) is 13.8. The van der Waals surface area contributed by atoms with Crippen LogP contribution in [0, 0.1) is 17.3 Å². The zero-order valence-corrected chi connectivity index (χ0v) is 12.2. The van der Waals surface area contributed by atoms with E-state index >= 15 is 0 Å². The SMILES string of the molecule is CCOCCNC(=O)C1CCC(N)C(C)C1(C)C. The average Bonchev–Trinajstić information content (AvgIpc) is 2.31. The Hall–Kier alpha value is -0.610. The molecular formula is C14H28N2O2. The molecule has 3 atom stereocenters. The lowest BCUT2D eigenvalue weighted by Crippen LogP contribution is -2.51. The Bertz CT molecular complexity index is 279. The summed E-state index contributed by atoms with van der Waals surface area (Å²) in [6.45, 7) is 10.3. The van der Waals surface area contributed by atoms with Crippen molar-refractivity contribution in [2.75, 3.05) is 19.8 Å². The summed E-state index contributed by atoms with van der Waals surface area (Å²) in [4.78, 5) is 12.2. The molecule has 4 heteroatoms. The molecule has 1 saturated carbocycles. The molecule has 1 fully saturated rings. The van der Waals surface area contributed by atoms with E-state index in [9.17, 15) is 4.79 Å². The molecule has 3 unspecified atom stereocenters. The predicted molar refractivity (Wildman–Crippen MR) is 73.1 cm³/mol. The van der Waals surface area contributed by atoms with Gasteiger partial charge >= 0.3 is 0 Å². The van der Waals surface area contributed by atoms with Gasteiger partial charge in [-0.1, -0.05) is 20.8 Å². The fourth-order valence-electron chi connectivity index (χ4n) is 2.83. The van der Waals surface area contributed by atoms with Gasteiger partial charge in [0.1, 0.15) is 0 Å². The second-order valence-corrected chi connectivity index (χ2v) is 5.89. The number of carbonyl (C=O) groups is 1. The Kier molecular flexibility index (Phi) is 5.60. The minimum absolute atomic E-state index is 0.0344. The monoisotopic (exact) mass is 256 g/mol. The minimum atomic E-state index is -0.0344. The van der Waals surface area contributed by atoms with Gasteiger partial charge < -0.3 is 15.8 Å². The topological polar surface area (TPSA) is 64.3 Å². The normalized spacial score (nSPS) is 31.1. The van der Waals surface area contributed by atoms with Crippen molar-refractivity contribution in [1.29, 1.82) is 0 Å². The molecule has 0 aromatic rings. The Labute approximate surface area is 111 Å². The number of rotatable bonds is 5. The van der Waals surface area contributed by atoms with Crippen molar-refractivity contribution in [3.05, 3.63) is 0 Å². The van der Waals surface area contributed by atoms with Crippen LogP contribution in [0.15, 0.2) is 0 Å². The van der Waals surface area contributed by atoms with Crippen LogP contribution in [0.1, 0.15) is 40.5 Å². The molecule has 0 bridgehead atoms. The Morgan fingerprint density at radius 2 is 2.11 bits per heavy atom. The maximum Gasteiger partial charge on any atom is 0.223 e. The molecule has 0 aliphatic heterocycles. The first-order valence-corrected chi connectivity index (χ1v) is 7.02. The fourth-order valence-corrected chi connectivity index (χ4v) is 2.83. The number of hydrogen-bond donors (Lipinski definition) is 2. The average molecular weight is 256 g/mol. The van der Waals surface area contributed by atoms with Crippen LogP contribution in [0.25, 0.3) is 0 Å². The van der Waals surface area contributed by atoms with Crippen LogP contribution in [0.2, 0.25) is 0 Å². The van der Waals surface area contributed by atoms with E-state index in [0.717, 1.165) is 12.8 Å². The molecule has 1 aliphatic rings. The lowest BCUT2D eigenvalue weighted by atomic mass is 9.61. The highest BCUT2D eigenvalue weighted by molar-refractivity contribution is 5.79. The first-order valence-electron chi connectivity index (χ1n) is 7.02. The molecule has 1 amide bonds. The molecule has 0 aromatic carbocycles. The molecule has 0 spiro atoms. The van der Waals surface area contributed by atoms with Crippen LogP contribution >= 0.6 is 0 Å². The van der Waals surface area contributed by atoms with E-state index < -0.39 is 0 Å². The highest BCUT2D eigenvalue weighted by Gasteiger charge is 2.44. The molecule has 4 nitrogen and oxygen atoms in total. The summed E-state index contributed by atoms with van der Waals surface area (Å²) < 4.78 is 5.23. The standard InChI is InChI=1S/C14H28N2O2/c1-5-18-9-8-16-13(17)11-6-7-12(15)10(2)14(11,3)4/h10-12H,5-9,15H2,1-4H3,(H,16,17). The van der Waals surface area contributed by atoms with Crippen LogP contribution in [0.4, 0.5) is 0 Å². The van der Waals surface area contributed by atoms with Crippen molar-refractivity contribution in [2.45, 2.75) is 46.6 Å². The third kappa shape index (κ3) is 3.45. The van der Waals surface area contributed by atoms with Crippen LogP contribution in [0.5, 0.6) is 0 Å². The summed E-state index contributed by atoms with van der Waals surface area (Å²) >= 11 is 0. The predicted octanol–water partition coefficient (Wildman–Crippen LogP) is 1.54. The second-order valence-electron chi connectivity index (χ2n) is 5.89. The Morgan fingerprint density at radius 3 is 2.72 bits per heavy atom. The maximum absolute atomic E-state index is 12.2. The summed E-state index contributed by atoms with van der Waals surface area (Å²) in [7, 11) is 0. The van der Waals surface area contributed by atoms with E-state index in [1.165, 1.54) is 0 Å². The van der Waals surface area contributed by atoms with E-state index in [1.54, 1.807) is 0 Å². The Balaban J connectivity index is 2.51. The molecule has 3 N–H and O–H groups in total. The molecule has 106 valence electrons. The van der Waals surface area contributed by atoms with Gasteiger partial charge in [0.05, 0.1) is 6.61 Å². The molecule has 1 aliphatic carbocycles. The number of ether oxygens (including phenoxy) is 1. The van der Waals surface area contributed by atoms with Crippen LogP contribution < -0.4 is 11.1 Å². The third-order valence-electron chi connectivity index (χ3n) is 4.57. The largest absolute Gasteiger partial charge is 0.380 e. The lowest BCUT2D eigenvalue weighted by Gasteiger charge is -2.46. The number of nitrogens with two attached hydrogens (primary N) is 1. The maximum atomic E-state index is 12.2. The van der Waals surface area contributed by atoms with Gasteiger partial charge in [-0.05, 0) is 31.1 Å². The van der Waals surface area contributed by atoms with E-state index in [1.807, 2.05) is 6.92 Å². The second kappa shape index (κ2) is 6.53. The van der Waals surface area contributed by atoms with Crippen LogP contribution in [-0.2, 0) is 9.53 Å². The lowest BCUT2D eigenvalue weighted by molar-refractivity contribution is -0.132. The summed E-state index contributed by atoms with van der Waals surface area (Å²) in [5, 5.41) is 2.97. The minimum Gasteiger partial charge on any atom is -0.380 e. The van der Waals surface area contributed by atoms with Gasteiger partial charge in [0.25, 0.3) is 0 Å². The first kappa shape index (κ1) is 15.4. The summed E-state index contributed by atoms with van der Waals surface area (Å²) in [5.41, 5.74) is 6.07. The Morgan fingerprint density at radius 1 is 1.44 bits per heavy atom. The molecule has 1 rings (SSSR count). The van der Waals surface area contributed by atoms with Gasteiger partial charge in [-0.2, -0.15) is 0 Å². The van der Waals surface area contributed by atoms with Gasteiger partial charge in [-0.3, -0.25) is 4.79 Å². The van der Waals surface area contributed by atoms with Crippen LogP contribution in [-0.4, -0.2) is 31.7 Å². The number of carbonyl (C=O) groups excluding carboxylic acids is 1. The van der Waals surface area contributed by atoms with Crippen molar-refractivity contribution in [3.63, 3.8) is 0 Å². The summed E-state index contributed by atoms with van der Waals surface area (Å²) in [6.07, 6.45) is 1.83. The van der Waals surface area contributed by atoms with Crippen molar-refractivity contribution in [2.24, 2.45) is 23.0 Å². The summed E-state index contributed by atoms with van der Waals surface area (Å²) in [6, 6.07) is 0.215. The van der Waals surface area contributed by atoms with Crippen LogP contribution in [0.3, 0.4) is 0 Å². The molecule has 0 saturated heterocycles. The smallest absolute Gasteiger partial charge is 0.223 e. The van der Waals surface area contributed by atoms with E-state index in [4.69, 9.17) is 10.5 Å². The highest BCUT2D eigenvalue weighted by atomic mass is 16.5. The third-order valence-corrected chi connectivity index (χ3v) is 4.57. The number of nitrogens with one attached hydrogen (secondary N) is 1. The molecule has 0 aromatic heterocycles. The van der Waals surface area contributed by atoms with Crippen molar-refractivity contribution in [3.8, 4) is 0 Å². The fraction of sp³-hybridized carbons (Fsp3) is 0.929. The van der Waals surface area contributed by atoms with Gasteiger partial charge in [0.2, 0.25) is 5.91 Å². The summed E-state index contributed by atoms with van der Waals surface area (Å²) in [5.74, 6) is 0.585. The van der Waals surface area contributed by atoms with E-state index in [-0.39, 0.29) is 23.3 Å². The van der Waals surface area contributed by atoms with Gasteiger partial charge in [-0.25, -0.2) is 0 Å². The molecule has 18 heavy (non-hydrogen) atoms. The highest BCUT2D eigenvalue weighted by Crippen LogP contribution is 2.44. The van der Waals surface area contributed by atoms with E-state index in [0.29, 0.717) is 25.7 Å². The number of amides is 1. The molecular weight excluding hydrogens is 228 g/mol. The van der Waals surface area contributed by atoms with Crippen molar-refractivity contribution in [1.82, 2.24) is 5.32 Å². The van der Waals surface area contributed by atoms with Gasteiger partial charge in [0.15, 0.2) is 0 Å². The molecule has 0 radical (unpaired) electrons. The molecule has 0 heterocycles. The van der Waals surface area contributed by atoms with E-state index in [2.05, 4.69) is 26.1 Å². The van der Waals surface area contributed by atoms with Crippen molar-refractivity contribution >= 4 is 5.91 Å².